The molecule has 2 rings (SSSR count). The zero-order valence-corrected chi connectivity index (χ0v) is 10.5. The van der Waals surface area contributed by atoms with Crippen molar-refractivity contribution < 1.29 is 14.3 Å². The molecule has 0 aliphatic carbocycles. The van der Waals surface area contributed by atoms with E-state index < -0.39 is 6.10 Å². The fourth-order valence-electron chi connectivity index (χ4n) is 1.88. The molecule has 1 fully saturated rings. The zero-order chi connectivity index (χ0) is 12.3. The van der Waals surface area contributed by atoms with Gasteiger partial charge < -0.3 is 15.7 Å². The second kappa shape index (κ2) is 6.68. The lowest BCUT2D eigenvalue weighted by molar-refractivity contribution is -0.123. The Kier molecular flexibility index (Phi) is 5.53. The van der Waals surface area contributed by atoms with Gasteiger partial charge in [-0.2, -0.15) is 0 Å². The third-order valence-electron chi connectivity index (χ3n) is 2.78. The summed E-state index contributed by atoms with van der Waals surface area (Å²) in [5, 5.41) is 14.9. The van der Waals surface area contributed by atoms with Crippen LogP contribution in [0.15, 0.2) is 24.3 Å². The molecule has 1 aromatic carbocycles. The van der Waals surface area contributed by atoms with Gasteiger partial charge in [-0.1, -0.05) is 12.1 Å². The average molecular weight is 275 g/mol. The molecule has 100 valence electrons. The molecule has 1 amide bonds. The van der Waals surface area contributed by atoms with Crippen LogP contribution in [-0.4, -0.2) is 29.7 Å². The van der Waals surface area contributed by atoms with Crippen LogP contribution in [0.3, 0.4) is 0 Å². The molecule has 0 radical (unpaired) electrons. The maximum absolute atomic E-state index is 12.9. The second-order valence-corrected chi connectivity index (χ2v) is 4.20. The topological polar surface area (TPSA) is 61.4 Å². The maximum Gasteiger partial charge on any atom is 0.237 e. The van der Waals surface area contributed by atoms with Gasteiger partial charge in [0.05, 0.1) is 12.1 Å². The first kappa shape index (κ1) is 14.9. The highest BCUT2D eigenvalue weighted by Gasteiger charge is 2.27. The number of aliphatic hydroxyl groups excluding tert-OH is 1. The molecular formula is C12H16ClFN2O2. The van der Waals surface area contributed by atoms with Crippen molar-refractivity contribution in [3.8, 4) is 0 Å². The van der Waals surface area contributed by atoms with Crippen LogP contribution < -0.4 is 10.6 Å². The summed E-state index contributed by atoms with van der Waals surface area (Å²) in [5.41, 5.74) is 0.719. The number of carbonyl (C=O) groups excluding carboxylic acids is 1. The summed E-state index contributed by atoms with van der Waals surface area (Å²) in [6, 6.07) is 5.75. The first-order valence-corrected chi connectivity index (χ1v) is 5.59. The van der Waals surface area contributed by atoms with Crippen LogP contribution in [0.2, 0.25) is 0 Å². The Bertz CT molecular complexity index is 417. The van der Waals surface area contributed by atoms with Crippen LogP contribution >= 0.6 is 12.4 Å². The first-order valence-electron chi connectivity index (χ1n) is 5.59. The van der Waals surface area contributed by atoms with Gasteiger partial charge in [0.15, 0.2) is 0 Å². The summed E-state index contributed by atoms with van der Waals surface area (Å²) in [4.78, 5) is 11.7. The summed E-state index contributed by atoms with van der Waals surface area (Å²) < 4.78 is 12.9. The smallest absolute Gasteiger partial charge is 0.237 e. The lowest BCUT2D eigenvalue weighted by Crippen LogP contribution is -2.40. The quantitative estimate of drug-likeness (QED) is 0.756. The molecule has 6 heteroatoms. The second-order valence-electron chi connectivity index (χ2n) is 4.20. The highest BCUT2D eigenvalue weighted by atomic mass is 35.5. The predicted molar refractivity (Wildman–Crippen MR) is 67.9 cm³/mol. The fraction of sp³-hybridized carbons (Fsp3) is 0.417. The molecule has 1 aromatic rings. The molecule has 0 bridgehead atoms. The van der Waals surface area contributed by atoms with Crippen LogP contribution in [0.5, 0.6) is 0 Å². The summed E-state index contributed by atoms with van der Waals surface area (Å²) in [6.45, 7) is 0.739. The first-order chi connectivity index (χ1) is 8.15. The van der Waals surface area contributed by atoms with Crippen molar-refractivity contribution in [1.29, 1.82) is 0 Å². The number of amides is 1. The molecule has 1 aliphatic rings. The van der Waals surface area contributed by atoms with E-state index in [1.165, 1.54) is 12.1 Å². The summed E-state index contributed by atoms with van der Waals surface area (Å²) in [5.74, 6) is -0.475. The number of hydrogen-bond acceptors (Lipinski definition) is 3. The molecule has 2 atom stereocenters. The van der Waals surface area contributed by atoms with Crippen molar-refractivity contribution in [3.63, 3.8) is 0 Å². The monoisotopic (exact) mass is 274 g/mol. The number of nitrogens with one attached hydrogen (secondary N) is 2. The van der Waals surface area contributed by atoms with Crippen LogP contribution in [0.25, 0.3) is 0 Å². The van der Waals surface area contributed by atoms with Crippen molar-refractivity contribution in [2.45, 2.75) is 25.1 Å². The number of hydrogen-bond donors (Lipinski definition) is 3. The van der Waals surface area contributed by atoms with E-state index in [0.29, 0.717) is 19.5 Å². The van der Waals surface area contributed by atoms with Crippen LogP contribution in [0.1, 0.15) is 12.0 Å². The minimum absolute atomic E-state index is 0. The number of carbonyl (C=O) groups is 1. The van der Waals surface area contributed by atoms with Gasteiger partial charge in [-0.15, -0.1) is 12.4 Å². The van der Waals surface area contributed by atoms with E-state index in [9.17, 15) is 14.3 Å². The maximum atomic E-state index is 12.9. The van der Waals surface area contributed by atoms with Gasteiger partial charge in [0.2, 0.25) is 5.91 Å². The van der Waals surface area contributed by atoms with Gasteiger partial charge in [-0.25, -0.2) is 4.39 Å². The van der Waals surface area contributed by atoms with E-state index in [0.717, 1.165) is 5.56 Å². The van der Waals surface area contributed by atoms with E-state index in [1.807, 2.05) is 0 Å². The van der Waals surface area contributed by atoms with E-state index in [-0.39, 0.29) is 30.2 Å². The zero-order valence-electron chi connectivity index (χ0n) is 9.73. The van der Waals surface area contributed by atoms with E-state index in [2.05, 4.69) is 10.6 Å². The van der Waals surface area contributed by atoms with Gasteiger partial charge in [0, 0.05) is 13.1 Å². The minimum Gasteiger partial charge on any atom is -0.392 e. The van der Waals surface area contributed by atoms with Crippen molar-refractivity contribution in [2.75, 3.05) is 6.54 Å². The number of rotatable bonds is 3. The Morgan fingerprint density at radius 3 is 2.94 bits per heavy atom. The van der Waals surface area contributed by atoms with Gasteiger partial charge in [-0.3, -0.25) is 4.79 Å². The minimum atomic E-state index is -0.458. The molecule has 0 aromatic heterocycles. The van der Waals surface area contributed by atoms with Gasteiger partial charge in [0.25, 0.3) is 0 Å². The largest absolute Gasteiger partial charge is 0.392 e. The number of benzene rings is 1. The average Bonchev–Trinajstić information content (AvgIpc) is 2.73. The van der Waals surface area contributed by atoms with Crippen LogP contribution in [0.4, 0.5) is 4.39 Å². The van der Waals surface area contributed by atoms with Crippen molar-refractivity contribution >= 4 is 18.3 Å². The van der Waals surface area contributed by atoms with Crippen molar-refractivity contribution in [3.05, 3.63) is 35.6 Å². The van der Waals surface area contributed by atoms with Crippen molar-refractivity contribution in [2.24, 2.45) is 0 Å². The molecule has 1 saturated heterocycles. The Morgan fingerprint density at radius 2 is 2.33 bits per heavy atom. The molecular weight excluding hydrogens is 259 g/mol. The normalized spacial score (nSPS) is 22.3. The van der Waals surface area contributed by atoms with Crippen LogP contribution in [-0.2, 0) is 11.3 Å². The highest BCUT2D eigenvalue weighted by molar-refractivity contribution is 5.85. The molecule has 2 unspecified atom stereocenters. The SMILES string of the molecule is Cl.O=C(NCc1cccc(F)c1)C1CC(O)CN1. The molecule has 0 saturated carbocycles. The third kappa shape index (κ3) is 3.94. The third-order valence-corrected chi connectivity index (χ3v) is 2.78. The molecule has 4 nitrogen and oxygen atoms in total. The molecule has 1 aliphatic heterocycles. The Hall–Kier alpha value is -1.17. The van der Waals surface area contributed by atoms with E-state index >= 15 is 0 Å². The summed E-state index contributed by atoms with van der Waals surface area (Å²) >= 11 is 0. The number of β-amino-alcohol motifs (C(OH)–C–C–N with tert-alkyl or cyclic N) is 1. The fourth-order valence-corrected chi connectivity index (χ4v) is 1.88. The lowest BCUT2D eigenvalue weighted by Gasteiger charge is -2.10. The number of halogens is 2. The van der Waals surface area contributed by atoms with Gasteiger partial charge in [0.1, 0.15) is 5.82 Å². The molecule has 18 heavy (non-hydrogen) atoms. The van der Waals surface area contributed by atoms with Crippen molar-refractivity contribution in [1.82, 2.24) is 10.6 Å². The molecule has 1 heterocycles. The molecule has 3 N–H and O–H groups in total. The van der Waals surface area contributed by atoms with E-state index in [4.69, 9.17) is 0 Å². The Labute approximate surface area is 111 Å². The highest BCUT2D eigenvalue weighted by Crippen LogP contribution is 2.07. The summed E-state index contributed by atoms with van der Waals surface area (Å²) in [6.07, 6.45) is -0.0328. The van der Waals surface area contributed by atoms with Gasteiger partial charge >= 0.3 is 0 Å². The predicted octanol–water partition coefficient (Wildman–Crippen LogP) is 0.586. The van der Waals surface area contributed by atoms with Gasteiger partial charge in [-0.05, 0) is 24.1 Å². The molecule has 0 spiro atoms. The number of aliphatic hydroxyl groups is 1. The Balaban J connectivity index is 0.00000162. The van der Waals surface area contributed by atoms with E-state index in [1.54, 1.807) is 12.1 Å². The Morgan fingerprint density at radius 1 is 1.56 bits per heavy atom. The lowest BCUT2D eigenvalue weighted by atomic mass is 10.2. The van der Waals surface area contributed by atoms with Crippen LogP contribution in [0, 0.1) is 5.82 Å². The standard InChI is InChI=1S/C12H15FN2O2.ClH/c13-9-3-1-2-8(4-9)6-15-12(17)11-5-10(16)7-14-11;/h1-4,10-11,14,16H,5-7H2,(H,15,17);1H. The summed E-state index contributed by atoms with van der Waals surface area (Å²) in [7, 11) is 0.